The number of rotatable bonds is 5. The molecule has 0 saturated carbocycles. The Labute approximate surface area is 142 Å². The van der Waals surface area contributed by atoms with Gasteiger partial charge in [0.1, 0.15) is 0 Å². The van der Waals surface area contributed by atoms with Crippen LogP contribution in [0.5, 0.6) is 0 Å². The van der Waals surface area contributed by atoms with Crippen molar-refractivity contribution >= 4 is 10.0 Å². The second kappa shape index (κ2) is 6.77. The summed E-state index contributed by atoms with van der Waals surface area (Å²) in [4.78, 5) is 0.0990. The second-order valence-electron chi connectivity index (χ2n) is 5.51. The number of fused-ring (bicyclic) bond motifs is 1. The summed E-state index contributed by atoms with van der Waals surface area (Å²) >= 11 is 0. The molecule has 1 aromatic carbocycles. The number of sulfonamides is 1. The van der Waals surface area contributed by atoms with Gasteiger partial charge in [-0.2, -0.15) is 18.3 Å². The maximum Gasteiger partial charge on any atom is 0.435 e. The molecule has 0 bridgehead atoms. The Morgan fingerprint density at radius 3 is 2.64 bits per heavy atom. The minimum absolute atomic E-state index is 0.00444. The molecule has 10 heteroatoms. The Bertz CT molecular complexity index is 848. The van der Waals surface area contributed by atoms with E-state index in [2.05, 4.69) is 9.82 Å². The number of halogens is 3. The standard InChI is InChI=1S/C15H16F3N3O3S/c16-15(17,18)14-12-10-24-9-6-13(12)21(20-14)8-7-19-25(22,23)11-4-2-1-3-5-11/h1-5,19H,6-10H2. The summed E-state index contributed by atoms with van der Waals surface area (Å²) in [6.07, 6.45) is -4.26. The van der Waals surface area contributed by atoms with E-state index in [0.717, 1.165) is 0 Å². The zero-order valence-electron chi connectivity index (χ0n) is 13.1. The van der Waals surface area contributed by atoms with E-state index < -0.39 is 21.9 Å². The van der Waals surface area contributed by atoms with Gasteiger partial charge in [0.2, 0.25) is 10.0 Å². The van der Waals surface area contributed by atoms with Crippen LogP contribution in [0.25, 0.3) is 0 Å². The highest BCUT2D eigenvalue weighted by Gasteiger charge is 2.39. The lowest BCUT2D eigenvalue weighted by Crippen LogP contribution is -2.28. The molecule has 136 valence electrons. The van der Waals surface area contributed by atoms with Crippen LogP contribution in [0.1, 0.15) is 17.0 Å². The van der Waals surface area contributed by atoms with Crippen molar-refractivity contribution in [1.29, 1.82) is 0 Å². The first-order valence-corrected chi connectivity index (χ1v) is 9.05. The lowest BCUT2D eigenvalue weighted by molar-refractivity contribution is -0.142. The van der Waals surface area contributed by atoms with E-state index in [1.807, 2.05) is 0 Å². The van der Waals surface area contributed by atoms with Gasteiger partial charge in [0.25, 0.3) is 0 Å². The topological polar surface area (TPSA) is 73.2 Å². The summed E-state index contributed by atoms with van der Waals surface area (Å²) in [6, 6.07) is 7.76. The van der Waals surface area contributed by atoms with Crippen molar-refractivity contribution in [3.63, 3.8) is 0 Å². The highest BCUT2D eigenvalue weighted by Crippen LogP contribution is 2.34. The normalized spacial score (nSPS) is 15.2. The molecule has 0 unspecified atom stereocenters. The van der Waals surface area contributed by atoms with Gasteiger partial charge in [-0.3, -0.25) is 4.68 Å². The van der Waals surface area contributed by atoms with E-state index in [0.29, 0.717) is 18.7 Å². The molecule has 0 atom stereocenters. The van der Waals surface area contributed by atoms with Crippen LogP contribution in [0.2, 0.25) is 0 Å². The van der Waals surface area contributed by atoms with Gasteiger partial charge in [0.15, 0.2) is 5.69 Å². The Morgan fingerprint density at radius 2 is 1.96 bits per heavy atom. The Hall–Kier alpha value is -1.91. The molecule has 3 rings (SSSR count). The molecule has 1 N–H and O–H groups in total. The van der Waals surface area contributed by atoms with Crippen LogP contribution < -0.4 is 4.72 Å². The predicted molar refractivity (Wildman–Crippen MR) is 82.2 cm³/mol. The highest BCUT2D eigenvalue weighted by atomic mass is 32.2. The summed E-state index contributed by atoms with van der Waals surface area (Å²) in [5, 5.41) is 3.63. The molecule has 2 heterocycles. The number of ether oxygens (including phenoxy) is 1. The summed E-state index contributed by atoms with van der Waals surface area (Å²) in [5.74, 6) is 0. The van der Waals surface area contributed by atoms with Gasteiger partial charge in [0, 0.05) is 24.2 Å². The number of aromatic nitrogens is 2. The van der Waals surface area contributed by atoms with Crippen molar-refractivity contribution in [3.8, 4) is 0 Å². The molecule has 0 saturated heterocycles. The average molecular weight is 375 g/mol. The van der Waals surface area contributed by atoms with Gasteiger partial charge in [-0.15, -0.1) is 0 Å². The van der Waals surface area contributed by atoms with E-state index in [1.54, 1.807) is 18.2 Å². The minimum Gasteiger partial charge on any atom is -0.376 e. The fraction of sp³-hybridized carbons (Fsp3) is 0.400. The smallest absolute Gasteiger partial charge is 0.376 e. The van der Waals surface area contributed by atoms with Crippen molar-refractivity contribution in [2.45, 2.75) is 30.6 Å². The van der Waals surface area contributed by atoms with Crippen LogP contribution in [0.15, 0.2) is 35.2 Å². The van der Waals surface area contributed by atoms with Gasteiger partial charge >= 0.3 is 6.18 Å². The van der Waals surface area contributed by atoms with Crippen LogP contribution in [-0.4, -0.2) is 31.3 Å². The molecule has 6 nitrogen and oxygen atoms in total. The third-order valence-corrected chi connectivity index (χ3v) is 5.31. The third-order valence-electron chi connectivity index (χ3n) is 3.83. The second-order valence-corrected chi connectivity index (χ2v) is 7.28. The fourth-order valence-electron chi connectivity index (χ4n) is 2.69. The number of benzene rings is 1. The summed E-state index contributed by atoms with van der Waals surface area (Å²) in [7, 11) is -3.71. The first-order valence-electron chi connectivity index (χ1n) is 7.57. The van der Waals surface area contributed by atoms with Gasteiger partial charge in [-0.05, 0) is 12.1 Å². The largest absolute Gasteiger partial charge is 0.435 e. The van der Waals surface area contributed by atoms with Crippen molar-refractivity contribution in [1.82, 2.24) is 14.5 Å². The van der Waals surface area contributed by atoms with Crippen LogP contribution in [0, 0.1) is 0 Å². The highest BCUT2D eigenvalue weighted by molar-refractivity contribution is 7.89. The van der Waals surface area contributed by atoms with Gasteiger partial charge < -0.3 is 4.74 Å². The third kappa shape index (κ3) is 3.86. The van der Waals surface area contributed by atoms with Crippen LogP contribution in [-0.2, 0) is 40.5 Å². The van der Waals surface area contributed by atoms with Gasteiger partial charge in [-0.25, -0.2) is 13.1 Å². The molecular formula is C15H16F3N3O3S. The fourth-order valence-corrected chi connectivity index (χ4v) is 3.73. The Morgan fingerprint density at radius 1 is 1.24 bits per heavy atom. The van der Waals surface area contributed by atoms with Gasteiger partial charge in [0.05, 0.1) is 24.7 Å². The van der Waals surface area contributed by atoms with E-state index >= 15 is 0 Å². The lowest BCUT2D eigenvalue weighted by Gasteiger charge is -2.15. The lowest BCUT2D eigenvalue weighted by atomic mass is 10.1. The first kappa shape index (κ1) is 17.9. The number of nitrogens with zero attached hydrogens (tertiary/aromatic N) is 2. The SMILES string of the molecule is O=S(=O)(NCCn1nc(C(F)(F)F)c2c1CCOC2)c1ccccc1. The molecule has 1 aromatic heterocycles. The molecule has 0 fully saturated rings. The van der Waals surface area contributed by atoms with Gasteiger partial charge in [-0.1, -0.05) is 18.2 Å². The van der Waals surface area contributed by atoms with Crippen molar-refractivity contribution in [3.05, 3.63) is 47.3 Å². The molecule has 1 aliphatic rings. The molecular weight excluding hydrogens is 359 g/mol. The molecule has 0 amide bonds. The van der Waals surface area contributed by atoms with Crippen LogP contribution >= 0.6 is 0 Å². The molecule has 25 heavy (non-hydrogen) atoms. The molecule has 0 spiro atoms. The Balaban J connectivity index is 1.75. The zero-order chi connectivity index (χ0) is 18.1. The van der Waals surface area contributed by atoms with E-state index in [-0.39, 0.29) is 30.2 Å². The van der Waals surface area contributed by atoms with Crippen molar-refractivity contribution in [2.75, 3.05) is 13.2 Å². The minimum atomic E-state index is -4.57. The average Bonchev–Trinajstić information content (AvgIpc) is 2.95. The number of hydrogen-bond donors (Lipinski definition) is 1. The molecule has 2 aromatic rings. The number of alkyl halides is 3. The summed E-state index contributed by atoms with van der Waals surface area (Å²) < 4.78 is 72.2. The molecule has 0 aliphatic carbocycles. The van der Waals surface area contributed by atoms with E-state index in [9.17, 15) is 21.6 Å². The monoisotopic (exact) mass is 375 g/mol. The maximum atomic E-state index is 13.1. The van der Waals surface area contributed by atoms with Crippen molar-refractivity contribution in [2.24, 2.45) is 0 Å². The molecule has 1 aliphatic heterocycles. The summed E-state index contributed by atoms with van der Waals surface area (Å²) in [6.45, 7) is 0.111. The predicted octanol–water partition coefficient (Wildman–Crippen LogP) is 1.95. The van der Waals surface area contributed by atoms with E-state index in [1.165, 1.54) is 16.8 Å². The molecule has 0 radical (unpaired) electrons. The quantitative estimate of drug-likeness (QED) is 0.867. The maximum absolute atomic E-state index is 13.1. The Kier molecular flexibility index (Phi) is 4.85. The van der Waals surface area contributed by atoms with E-state index in [4.69, 9.17) is 4.74 Å². The number of hydrogen-bond acceptors (Lipinski definition) is 4. The first-order chi connectivity index (χ1) is 11.8. The van der Waals surface area contributed by atoms with Crippen molar-refractivity contribution < 1.29 is 26.3 Å². The zero-order valence-corrected chi connectivity index (χ0v) is 13.9. The van der Waals surface area contributed by atoms with Crippen LogP contribution in [0.3, 0.4) is 0 Å². The number of nitrogens with one attached hydrogen (secondary N) is 1. The summed E-state index contributed by atoms with van der Waals surface area (Å²) in [5.41, 5.74) is -0.490. The van der Waals surface area contributed by atoms with Crippen LogP contribution in [0.4, 0.5) is 13.2 Å².